The Morgan fingerprint density at radius 1 is 1.25 bits per heavy atom. The molecule has 0 radical (unpaired) electrons. The van der Waals surface area contributed by atoms with E-state index in [1.54, 1.807) is 0 Å². The Labute approximate surface area is 155 Å². The van der Waals surface area contributed by atoms with Crippen LogP contribution < -0.4 is 10.1 Å². The van der Waals surface area contributed by atoms with Crippen LogP contribution in [0.5, 0.6) is 11.6 Å². The maximum Gasteiger partial charge on any atom is 0.416 e. The molecule has 28 heavy (non-hydrogen) atoms. The lowest BCUT2D eigenvalue weighted by Gasteiger charge is -2.25. The highest BCUT2D eigenvalue weighted by Gasteiger charge is 2.39. The number of benzene rings is 1. The van der Waals surface area contributed by atoms with E-state index in [9.17, 15) is 26.7 Å². The zero-order valence-electron chi connectivity index (χ0n) is 14.4. The van der Waals surface area contributed by atoms with Crippen LogP contribution in [0, 0.1) is 11.6 Å². The summed E-state index contributed by atoms with van der Waals surface area (Å²) in [7, 11) is 0. The van der Waals surface area contributed by atoms with Crippen molar-refractivity contribution in [1.82, 2.24) is 14.9 Å². The molecule has 0 bridgehead atoms. The van der Waals surface area contributed by atoms with Gasteiger partial charge in [0, 0.05) is 18.7 Å². The van der Waals surface area contributed by atoms with Gasteiger partial charge in [0.15, 0.2) is 17.7 Å². The van der Waals surface area contributed by atoms with Gasteiger partial charge in [-0.1, -0.05) is 0 Å². The highest BCUT2D eigenvalue weighted by molar-refractivity contribution is 5.88. The number of likely N-dealkylation sites (N-methyl/N-ethyl adjacent to an activating group) is 1. The van der Waals surface area contributed by atoms with E-state index in [-0.39, 0.29) is 24.0 Å². The highest BCUT2D eigenvalue weighted by atomic mass is 19.4. The van der Waals surface area contributed by atoms with Gasteiger partial charge in [-0.25, -0.2) is 23.5 Å². The summed E-state index contributed by atoms with van der Waals surface area (Å²) in [6.45, 7) is 0.359. The number of amides is 2. The van der Waals surface area contributed by atoms with Crippen molar-refractivity contribution in [2.24, 2.45) is 0 Å². The van der Waals surface area contributed by atoms with Gasteiger partial charge in [-0.15, -0.1) is 0 Å². The molecule has 2 aromatic rings. The van der Waals surface area contributed by atoms with Crippen LogP contribution in [0.4, 0.5) is 32.6 Å². The summed E-state index contributed by atoms with van der Waals surface area (Å²) < 4.78 is 68.7. The fourth-order valence-electron chi connectivity index (χ4n) is 1.98. The Balaban J connectivity index is 2.06. The SMILES string of the molecule is CCN(CC(O)C(F)(F)F)C(=O)Nc1cc(Oc2ccc(F)c(F)c2)ncn1. The fourth-order valence-corrected chi connectivity index (χ4v) is 1.98. The molecule has 0 saturated carbocycles. The van der Waals surface area contributed by atoms with Gasteiger partial charge in [0.2, 0.25) is 5.88 Å². The lowest BCUT2D eigenvalue weighted by molar-refractivity contribution is -0.206. The number of hydrogen-bond donors (Lipinski definition) is 2. The van der Waals surface area contributed by atoms with Crippen molar-refractivity contribution in [3.63, 3.8) is 0 Å². The molecule has 2 rings (SSSR count). The second-order valence-corrected chi connectivity index (χ2v) is 5.45. The normalized spacial score (nSPS) is 12.4. The maximum absolute atomic E-state index is 13.2. The second kappa shape index (κ2) is 8.78. The smallest absolute Gasteiger partial charge is 0.416 e. The largest absolute Gasteiger partial charge is 0.439 e. The number of nitrogens with zero attached hydrogens (tertiary/aromatic N) is 3. The minimum Gasteiger partial charge on any atom is -0.439 e. The molecular formula is C16H15F5N4O3. The third-order valence-electron chi connectivity index (χ3n) is 3.43. The number of aromatic nitrogens is 2. The summed E-state index contributed by atoms with van der Waals surface area (Å²) in [6, 6.07) is 2.97. The third kappa shape index (κ3) is 5.74. The molecule has 152 valence electrons. The van der Waals surface area contributed by atoms with E-state index >= 15 is 0 Å². The first kappa shape index (κ1) is 21.3. The fraction of sp³-hybridized carbons (Fsp3) is 0.312. The summed E-state index contributed by atoms with van der Waals surface area (Å²) >= 11 is 0. The van der Waals surface area contributed by atoms with Crippen molar-refractivity contribution in [3.05, 3.63) is 42.2 Å². The number of ether oxygens (including phenoxy) is 1. The molecule has 0 aliphatic carbocycles. The van der Waals surface area contributed by atoms with Gasteiger partial charge >= 0.3 is 12.2 Å². The lowest BCUT2D eigenvalue weighted by Crippen LogP contribution is -2.45. The molecule has 0 aliphatic rings. The van der Waals surface area contributed by atoms with Crippen molar-refractivity contribution < 1.29 is 36.6 Å². The maximum atomic E-state index is 13.2. The summed E-state index contributed by atoms with van der Waals surface area (Å²) in [4.78, 5) is 20.3. The first-order chi connectivity index (χ1) is 13.1. The standard InChI is InChI=1S/C16H15F5N4O3/c1-2-25(7-12(26)16(19,20)21)15(27)24-13-6-14(23-8-22-13)28-9-3-4-10(17)11(18)5-9/h3-6,8,12,26H,2,7H2,1H3,(H,22,23,24,27). The predicted molar refractivity (Wildman–Crippen MR) is 86.8 cm³/mol. The third-order valence-corrected chi connectivity index (χ3v) is 3.43. The Kier molecular flexibility index (Phi) is 6.67. The Morgan fingerprint density at radius 2 is 1.96 bits per heavy atom. The van der Waals surface area contributed by atoms with E-state index < -0.39 is 36.5 Å². The average Bonchev–Trinajstić information content (AvgIpc) is 2.62. The first-order valence-electron chi connectivity index (χ1n) is 7.85. The molecule has 1 unspecified atom stereocenters. The molecule has 12 heteroatoms. The van der Waals surface area contributed by atoms with Crippen LogP contribution in [0.2, 0.25) is 0 Å². The van der Waals surface area contributed by atoms with Crippen LogP contribution in [0.1, 0.15) is 6.92 Å². The minimum absolute atomic E-state index is 0.0710. The number of carbonyl (C=O) groups is 1. The molecule has 1 aromatic heterocycles. The van der Waals surface area contributed by atoms with Gasteiger partial charge in [0.1, 0.15) is 17.9 Å². The van der Waals surface area contributed by atoms with Gasteiger partial charge in [-0.3, -0.25) is 5.32 Å². The molecule has 0 aliphatic heterocycles. The van der Waals surface area contributed by atoms with Crippen molar-refractivity contribution in [2.75, 3.05) is 18.4 Å². The number of nitrogens with one attached hydrogen (secondary N) is 1. The predicted octanol–water partition coefficient (Wildman–Crippen LogP) is 3.32. The molecule has 2 N–H and O–H groups in total. The molecule has 1 atom stereocenters. The molecule has 0 saturated heterocycles. The van der Waals surface area contributed by atoms with Gasteiger partial charge in [0.05, 0.1) is 6.54 Å². The Morgan fingerprint density at radius 3 is 2.57 bits per heavy atom. The number of rotatable bonds is 6. The van der Waals surface area contributed by atoms with Crippen molar-refractivity contribution in [2.45, 2.75) is 19.2 Å². The summed E-state index contributed by atoms with van der Waals surface area (Å²) in [5, 5.41) is 11.3. The minimum atomic E-state index is -4.87. The number of carbonyl (C=O) groups excluding carboxylic acids is 1. The highest BCUT2D eigenvalue weighted by Crippen LogP contribution is 2.23. The van der Waals surface area contributed by atoms with Gasteiger partial charge < -0.3 is 14.7 Å². The molecular weight excluding hydrogens is 391 g/mol. The van der Waals surface area contributed by atoms with Gasteiger partial charge in [0.25, 0.3) is 0 Å². The molecule has 7 nitrogen and oxygen atoms in total. The van der Waals surface area contributed by atoms with Crippen LogP contribution >= 0.6 is 0 Å². The van der Waals surface area contributed by atoms with Crippen LogP contribution in [0.3, 0.4) is 0 Å². The molecule has 1 aromatic carbocycles. The van der Waals surface area contributed by atoms with E-state index in [0.717, 1.165) is 35.5 Å². The van der Waals surface area contributed by atoms with E-state index in [0.29, 0.717) is 0 Å². The van der Waals surface area contributed by atoms with E-state index in [1.165, 1.54) is 6.92 Å². The summed E-state index contributed by atoms with van der Waals surface area (Å²) in [6.07, 6.45) is -6.57. The molecule has 0 fully saturated rings. The monoisotopic (exact) mass is 406 g/mol. The van der Waals surface area contributed by atoms with Crippen LogP contribution in [-0.2, 0) is 0 Å². The van der Waals surface area contributed by atoms with Crippen LogP contribution in [-0.4, -0.2) is 51.4 Å². The number of alkyl halides is 3. The molecule has 1 heterocycles. The zero-order valence-corrected chi connectivity index (χ0v) is 14.4. The van der Waals surface area contributed by atoms with E-state index in [2.05, 4.69) is 15.3 Å². The number of aliphatic hydroxyl groups excluding tert-OH is 1. The van der Waals surface area contributed by atoms with E-state index in [4.69, 9.17) is 9.84 Å². The summed E-state index contributed by atoms with van der Waals surface area (Å²) in [5.41, 5.74) is 0. The quantitative estimate of drug-likeness (QED) is 0.719. The molecule has 0 spiro atoms. The number of hydrogen-bond acceptors (Lipinski definition) is 5. The number of urea groups is 1. The molecule has 2 amide bonds. The number of halogens is 5. The topological polar surface area (TPSA) is 87.6 Å². The van der Waals surface area contributed by atoms with Gasteiger partial charge in [-0.2, -0.15) is 13.2 Å². The lowest BCUT2D eigenvalue weighted by atomic mass is 10.3. The van der Waals surface area contributed by atoms with Crippen LogP contribution in [0.25, 0.3) is 0 Å². The number of aliphatic hydroxyl groups is 1. The van der Waals surface area contributed by atoms with Crippen LogP contribution in [0.15, 0.2) is 30.6 Å². The van der Waals surface area contributed by atoms with Gasteiger partial charge in [-0.05, 0) is 19.1 Å². The van der Waals surface area contributed by atoms with Crippen molar-refractivity contribution in [1.29, 1.82) is 0 Å². The number of anilines is 1. The second-order valence-electron chi connectivity index (χ2n) is 5.45. The van der Waals surface area contributed by atoms with E-state index in [1.807, 2.05) is 0 Å². The first-order valence-corrected chi connectivity index (χ1v) is 7.85. The van der Waals surface area contributed by atoms with Crippen molar-refractivity contribution in [3.8, 4) is 11.6 Å². The average molecular weight is 406 g/mol. The Bertz CT molecular complexity index is 834. The summed E-state index contributed by atoms with van der Waals surface area (Å²) in [5.74, 6) is -2.52. The van der Waals surface area contributed by atoms with Crippen molar-refractivity contribution >= 4 is 11.8 Å². The zero-order chi connectivity index (χ0) is 20.9. The Hall–Kier alpha value is -3.02.